The van der Waals surface area contributed by atoms with Crippen LogP contribution in [0.4, 0.5) is 9.18 Å². The average Bonchev–Trinajstić information content (AvgIpc) is 3.62. The van der Waals surface area contributed by atoms with Gasteiger partial charge in [0.2, 0.25) is 6.41 Å². The van der Waals surface area contributed by atoms with Gasteiger partial charge in [0.25, 0.3) is 5.91 Å². The van der Waals surface area contributed by atoms with Gasteiger partial charge in [0.15, 0.2) is 0 Å². The fraction of sp³-hybridized carbons (Fsp3) is 0.333. The Morgan fingerprint density at radius 3 is 2.52 bits per heavy atom. The predicted molar refractivity (Wildman–Crippen MR) is 187 cm³/mol. The van der Waals surface area contributed by atoms with Crippen LogP contribution < -0.4 is 5.32 Å². The molecule has 0 atom stereocenters. The van der Waals surface area contributed by atoms with Crippen molar-refractivity contribution in [2.24, 2.45) is 0 Å². The zero-order valence-corrected chi connectivity index (χ0v) is 29.6. The summed E-state index contributed by atoms with van der Waals surface area (Å²) in [6.45, 7) is 14.6. The number of para-hydroxylation sites is 1. The number of nitrogens with one attached hydrogen (secondary N) is 1. The first kappa shape index (κ1) is 36.0. The normalized spacial score (nSPS) is 12.7. The zero-order chi connectivity index (χ0) is 35.1. The Hall–Kier alpha value is -4.81. The number of amides is 2. The molecule has 0 aliphatic heterocycles. The van der Waals surface area contributed by atoms with Gasteiger partial charge in [-0.25, -0.2) is 13.8 Å². The number of hydrogen-bond acceptors (Lipinski definition) is 6. The SMILES string of the molecule is C/C(=C(/C=C/c1cc2ccccc2n1C(=O)OC(C)(C)C)NC(=O)c1cnn(Cc2cccc(F)c2)c1)N(C=O)COCC[Si](C)(C)C. The molecule has 0 fully saturated rings. The summed E-state index contributed by atoms with van der Waals surface area (Å²) < 4.78 is 28.3. The standard InChI is InChI=1S/C36H44FN5O5Si/c1-26(40(24-43)25-46-17-18-48(5,6)7)32(39-34(44)29-21-38-41(23-29)22-27-11-10-13-30(37)19-27)16-15-31-20-28-12-8-9-14-33(28)42(31)35(45)47-36(2,3)4/h8-16,19-21,23-24H,17-18,22,25H2,1-7H3,(H,39,44)/b16-15+,32-26+. The zero-order valence-electron chi connectivity index (χ0n) is 28.6. The molecule has 1 N–H and O–H groups in total. The lowest BCUT2D eigenvalue weighted by atomic mass is 10.2. The summed E-state index contributed by atoms with van der Waals surface area (Å²) in [6.07, 6.45) is 6.41. The molecule has 0 unspecified atom stereocenters. The molecule has 2 aromatic carbocycles. The highest BCUT2D eigenvalue weighted by molar-refractivity contribution is 6.76. The molecule has 0 aliphatic rings. The second-order valence-electron chi connectivity index (χ2n) is 13.7. The number of aromatic nitrogens is 3. The highest BCUT2D eigenvalue weighted by Crippen LogP contribution is 2.24. The summed E-state index contributed by atoms with van der Waals surface area (Å²) in [5, 5.41) is 8.00. The third kappa shape index (κ3) is 10.1. The fourth-order valence-corrected chi connectivity index (χ4v) is 5.47. The Morgan fingerprint density at radius 2 is 1.83 bits per heavy atom. The lowest BCUT2D eigenvalue weighted by molar-refractivity contribution is -0.120. The van der Waals surface area contributed by atoms with E-state index >= 15 is 0 Å². The molecule has 2 aromatic heterocycles. The van der Waals surface area contributed by atoms with Gasteiger partial charge in [-0.1, -0.05) is 50.0 Å². The molecule has 48 heavy (non-hydrogen) atoms. The number of allylic oxidation sites excluding steroid dienone is 2. The molecular weight excluding hydrogens is 630 g/mol. The van der Waals surface area contributed by atoms with Gasteiger partial charge in [0, 0.05) is 32.0 Å². The van der Waals surface area contributed by atoms with E-state index in [1.54, 1.807) is 62.9 Å². The van der Waals surface area contributed by atoms with E-state index in [4.69, 9.17) is 9.47 Å². The van der Waals surface area contributed by atoms with Crippen LogP contribution in [0, 0.1) is 5.82 Å². The van der Waals surface area contributed by atoms with Crippen molar-refractivity contribution < 1.29 is 28.2 Å². The number of halogens is 1. The molecule has 0 saturated carbocycles. The van der Waals surface area contributed by atoms with Crippen molar-refractivity contribution in [3.8, 4) is 0 Å². The summed E-state index contributed by atoms with van der Waals surface area (Å²) in [7, 11) is -1.35. The van der Waals surface area contributed by atoms with E-state index in [1.807, 2.05) is 30.3 Å². The number of fused-ring (bicyclic) bond motifs is 1. The second-order valence-corrected chi connectivity index (χ2v) is 19.3. The summed E-state index contributed by atoms with van der Waals surface area (Å²) in [5.41, 5.74) is 2.13. The first-order chi connectivity index (χ1) is 22.6. The number of rotatable bonds is 13. The van der Waals surface area contributed by atoms with Gasteiger partial charge in [-0.15, -0.1) is 0 Å². The van der Waals surface area contributed by atoms with Crippen LogP contribution in [0.1, 0.15) is 49.3 Å². The largest absolute Gasteiger partial charge is 0.443 e. The quantitative estimate of drug-likeness (QED) is 0.0527. The van der Waals surface area contributed by atoms with Crippen LogP contribution in [0.3, 0.4) is 0 Å². The monoisotopic (exact) mass is 673 g/mol. The van der Waals surface area contributed by atoms with Crippen molar-refractivity contribution in [2.45, 2.75) is 65.5 Å². The van der Waals surface area contributed by atoms with Crippen LogP contribution in [0.15, 0.2) is 84.5 Å². The summed E-state index contributed by atoms with van der Waals surface area (Å²) in [5.74, 6) is -0.831. The van der Waals surface area contributed by atoms with Gasteiger partial charge in [-0.05, 0) is 75.7 Å². The Labute approximate surface area is 281 Å². The number of nitrogens with zero attached hydrogens (tertiary/aromatic N) is 4. The van der Waals surface area contributed by atoms with Gasteiger partial charge in [0.05, 0.1) is 35.2 Å². The third-order valence-electron chi connectivity index (χ3n) is 7.29. The number of carbonyl (C=O) groups is 3. The molecule has 2 heterocycles. The highest BCUT2D eigenvalue weighted by Gasteiger charge is 2.22. The van der Waals surface area contributed by atoms with Crippen molar-refractivity contribution in [2.75, 3.05) is 13.3 Å². The molecule has 0 spiro atoms. The molecule has 254 valence electrons. The predicted octanol–water partition coefficient (Wildman–Crippen LogP) is 7.25. The molecule has 4 aromatic rings. The van der Waals surface area contributed by atoms with Crippen LogP contribution in [0.25, 0.3) is 17.0 Å². The molecule has 4 rings (SSSR count). The van der Waals surface area contributed by atoms with Crippen LogP contribution in [0.5, 0.6) is 0 Å². The average molecular weight is 674 g/mol. The van der Waals surface area contributed by atoms with Gasteiger partial charge in [0.1, 0.15) is 18.1 Å². The first-order valence-corrected chi connectivity index (χ1v) is 19.4. The van der Waals surface area contributed by atoms with Crippen molar-refractivity contribution >= 4 is 43.5 Å². The Kier molecular flexibility index (Phi) is 11.6. The summed E-state index contributed by atoms with van der Waals surface area (Å²) >= 11 is 0. The van der Waals surface area contributed by atoms with E-state index in [0.29, 0.717) is 41.2 Å². The molecule has 10 nitrogen and oxygen atoms in total. The molecule has 0 saturated heterocycles. The Morgan fingerprint density at radius 1 is 1.08 bits per heavy atom. The maximum atomic E-state index is 13.7. The minimum Gasteiger partial charge on any atom is -0.443 e. The van der Waals surface area contributed by atoms with Gasteiger partial charge in [-0.2, -0.15) is 5.10 Å². The van der Waals surface area contributed by atoms with Crippen molar-refractivity contribution in [1.82, 2.24) is 24.6 Å². The van der Waals surface area contributed by atoms with Gasteiger partial charge >= 0.3 is 6.09 Å². The smallest absolute Gasteiger partial charge is 0.419 e. The van der Waals surface area contributed by atoms with Crippen LogP contribution in [0.2, 0.25) is 25.7 Å². The van der Waals surface area contributed by atoms with E-state index in [1.165, 1.54) is 27.8 Å². The van der Waals surface area contributed by atoms with Gasteiger partial charge < -0.3 is 14.8 Å². The molecule has 0 aliphatic carbocycles. The number of carbonyl (C=O) groups excluding carboxylic acids is 3. The van der Waals surface area contributed by atoms with E-state index < -0.39 is 25.7 Å². The topological polar surface area (TPSA) is 108 Å². The maximum Gasteiger partial charge on any atom is 0.419 e. The van der Waals surface area contributed by atoms with E-state index in [0.717, 1.165) is 11.4 Å². The molecular formula is C36H44FN5O5Si. The van der Waals surface area contributed by atoms with Crippen molar-refractivity contribution in [3.05, 3.63) is 107 Å². The van der Waals surface area contributed by atoms with E-state index in [9.17, 15) is 18.8 Å². The highest BCUT2D eigenvalue weighted by atomic mass is 28.3. The van der Waals surface area contributed by atoms with Crippen molar-refractivity contribution in [3.63, 3.8) is 0 Å². The fourth-order valence-electron chi connectivity index (χ4n) is 4.72. The summed E-state index contributed by atoms with van der Waals surface area (Å²) in [4.78, 5) is 40.5. The Bertz CT molecular complexity index is 1830. The second kappa shape index (κ2) is 15.4. The van der Waals surface area contributed by atoms with E-state index in [-0.39, 0.29) is 24.7 Å². The molecule has 0 radical (unpaired) electrons. The number of benzene rings is 2. The lowest BCUT2D eigenvalue weighted by Crippen LogP contribution is -2.30. The third-order valence-corrected chi connectivity index (χ3v) is 8.99. The Balaban J connectivity index is 1.67. The van der Waals surface area contributed by atoms with Crippen molar-refractivity contribution in [1.29, 1.82) is 0 Å². The van der Waals surface area contributed by atoms with Crippen LogP contribution >= 0.6 is 0 Å². The summed E-state index contributed by atoms with van der Waals surface area (Å²) in [6, 6.07) is 16.4. The molecule has 0 bridgehead atoms. The number of ether oxygens (including phenoxy) is 2. The first-order valence-electron chi connectivity index (χ1n) is 15.7. The lowest BCUT2D eigenvalue weighted by Gasteiger charge is -2.22. The molecule has 12 heteroatoms. The van der Waals surface area contributed by atoms with E-state index in [2.05, 4.69) is 30.1 Å². The molecule has 2 amide bonds. The number of hydrogen-bond donors (Lipinski definition) is 1. The van der Waals surface area contributed by atoms with Gasteiger partial charge in [-0.3, -0.25) is 19.2 Å². The van der Waals surface area contributed by atoms with Crippen LogP contribution in [-0.2, 0) is 20.8 Å². The minimum absolute atomic E-state index is 0.00321. The minimum atomic E-state index is -1.35. The maximum absolute atomic E-state index is 13.7. The van der Waals surface area contributed by atoms with Crippen LogP contribution in [-0.4, -0.2) is 64.7 Å².